The van der Waals surface area contributed by atoms with Crippen LogP contribution in [0.1, 0.15) is 38.5 Å². The Bertz CT molecular complexity index is 179. The van der Waals surface area contributed by atoms with Crippen molar-refractivity contribution in [3.05, 3.63) is 0 Å². The molecule has 15 heavy (non-hydrogen) atoms. The largest absolute Gasteiger partial charge is 0.449 e. The zero-order chi connectivity index (χ0) is 10.9. The fraction of sp³-hybridized carbons (Fsp3) is 0.909. The van der Waals surface area contributed by atoms with Crippen LogP contribution in [-0.2, 0) is 4.74 Å². The molecular formula is C11H22N2O2. The molecule has 0 radical (unpaired) electrons. The van der Waals surface area contributed by atoms with Crippen molar-refractivity contribution in [2.45, 2.75) is 38.5 Å². The van der Waals surface area contributed by atoms with Gasteiger partial charge in [-0.05, 0) is 31.7 Å². The first-order valence-electron chi connectivity index (χ1n) is 5.93. The summed E-state index contributed by atoms with van der Waals surface area (Å²) >= 11 is 0. The maximum Gasteiger partial charge on any atom is 0.407 e. The Kier molecular flexibility index (Phi) is 6.16. The van der Waals surface area contributed by atoms with Crippen LogP contribution in [0.25, 0.3) is 0 Å². The average Bonchev–Trinajstić information content (AvgIpc) is 2.28. The Hall–Kier alpha value is -0.770. The highest BCUT2D eigenvalue weighted by atomic mass is 16.5. The van der Waals surface area contributed by atoms with Crippen LogP contribution in [0.3, 0.4) is 0 Å². The first-order chi connectivity index (χ1) is 7.33. The number of hydrogen-bond donors (Lipinski definition) is 2. The SMILES string of the molecule is NCCCNC(=O)OCC1CCCCC1. The van der Waals surface area contributed by atoms with Gasteiger partial charge in [0.05, 0.1) is 6.61 Å². The van der Waals surface area contributed by atoms with Gasteiger partial charge in [0.2, 0.25) is 0 Å². The van der Waals surface area contributed by atoms with Crippen LogP contribution >= 0.6 is 0 Å². The second kappa shape index (κ2) is 7.51. The molecule has 1 fully saturated rings. The number of carbonyl (C=O) groups is 1. The van der Waals surface area contributed by atoms with Gasteiger partial charge in [0.1, 0.15) is 0 Å². The minimum absolute atomic E-state index is 0.297. The van der Waals surface area contributed by atoms with Crippen molar-refractivity contribution < 1.29 is 9.53 Å². The van der Waals surface area contributed by atoms with Crippen molar-refractivity contribution in [1.29, 1.82) is 0 Å². The van der Waals surface area contributed by atoms with Gasteiger partial charge in [0, 0.05) is 6.54 Å². The maximum absolute atomic E-state index is 11.2. The van der Waals surface area contributed by atoms with Crippen molar-refractivity contribution in [2.75, 3.05) is 19.7 Å². The van der Waals surface area contributed by atoms with Crippen LogP contribution in [0.15, 0.2) is 0 Å². The second-order valence-corrected chi connectivity index (χ2v) is 4.17. The molecular weight excluding hydrogens is 192 g/mol. The smallest absolute Gasteiger partial charge is 0.407 e. The molecule has 0 bridgehead atoms. The summed E-state index contributed by atoms with van der Waals surface area (Å²) in [5.74, 6) is 0.582. The lowest BCUT2D eigenvalue weighted by molar-refractivity contribution is 0.116. The third-order valence-corrected chi connectivity index (χ3v) is 2.83. The minimum Gasteiger partial charge on any atom is -0.449 e. The summed E-state index contributed by atoms with van der Waals surface area (Å²) in [6.45, 7) is 1.79. The Balaban J connectivity index is 2.00. The van der Waals surface area contributed by atoms with E-state index in [1.54, 1.807) is 0 Å². The highest BCUT2D eigenvalue weighted by Crippen LogP contribution is 2.23. The fourth-order valence-corrected chi connectivity index (χ4v) is 1.89. The third-order valence-electron chi connectivity index (χ3n) is 2.83. The molecule has 0 atom stereocenters. The predicted molar refractivity (Wildman–Crippen MR) is 59.6 cm³/mol. The second-order valence-electron chi connectivity index (χ2n) is 4.17. The van der Waals surface area contributed by atoms with Gasteiger partial charge >= 0.3 is 6.09 Å². The lowest BCUT2D eigenvalue weighted by Crippen LogP contribution is -2.28. The predicted octanol–water partition coefficient (Wildman–Crippen LogP) is 1.64. The number of amides is 1. The van der Waals surface area contributed by atoms with Crippen LogP contribution in [0, 0.1) is 5.92 Å². The first-order valence-corrected chi connectivity index (χ1v) is 5.93. The number of ether oxygens (including phenoxy) is 1. The summed E-state index contributed by atoms with van der Waals surface area (Å²) in [6, 6.07) is 0. The van der Waals surface area contributed by atoms with Crippen LogP contribution in [0.5, 0.6) is 0 Å². The number of rotatable bonds is 5. The van der Waals surface area contributed by atoms with Crippen molar-refractivity contribution in [3.63, 3.8) is 0 Å². The van der Waals surface area contributed by atoms with E-state index >= 15 is 0 Å². The van der Waals surface area contributed by atoms with E-state index in [0.717, 1.165) is 6.42 Å². The average molecular weight is 214 g/mol. The molecule has 0 saturated heterocycles. The molecule has 1 aliphatic carbocycles. The van der Waals surface area contributed by atoms with E-state index in [0.29, 0.717) is 25.6 Å². The van der Waals surface area contributed by atoms with Gasteiger partial charge < -0.3 is 15.8 Å². The van der Waals surface area contributed by atoms with Crippen molar-refractivity contribution in [2.24, 2.45) is 11.7 Å². The highest BCUT2D eigenvalue weighted by molar-refractivity contribution is 5.66. The molecule has 0 aromatic rings. The van der Waals surface area contributed by atoms with Crippen LogP contribution in [-0.4, -0.2) is 25.8 Å². The maximum atomic E-state index is 11.2. The molecule has 4 nitrogen and oxygen atoms in total. The summed E-state index contributed by atoms with van der Waals surface area (Å²) in [6.07, 6.45) is 6.81. The van der Waals surface area contributed by atoms with E-state index in [4.69, 9.17) is 10.5 Å². The van der Waals surface area contributed by atoms with Crippen LogP contribution in [0.2, 0.25) is 0 Å². The molecule has 0 aromatic heterocycles. The normalized spacial score (nSPS) is 17.4. The zero-order valence-corrected chi connectivity index (χ0v) is 9.34. The topological polar surface area (TPSA) is 64.3 Å². The van der Waals surface area contributed by atoms with E-state index in [-0.39, 0.29) is 6.09 Å². The van der Waals surface area contributed by atoms with E-state index in [1.807, 2.05) is 0 Å². The molecule has 3 N–H and O–H groups in total. The number of nitrogens with two attached hydrogens (primary N) is 1. The Labute approximate surface area is 91.5 Å². The van der Waals surface area contributed by atoms with E-state index < -0.39 is 0 Å². The Morgan fingerprint density at radius 3 is 2.73 bits per heavy atom. The Morgan fingerprint density at radius 1 is 1.33 bits per heavy atom. The van der Waals surface area contributed by atoms with E-state index in [9.17, 15) is 4.79 Å². The van der Waals surface area contributed by atoms with Crippen LogP contribution < -0.4 is 11.1 Å². The molecule has 88 valence electrons. The van der Waals surface area contributed by atoms with Gasteiger partial charge in [0.25, 0.3) is 0 Å². The van der Waals surface area contributed by atoms with Crippen molar-refractivity contribution in [1.82, 2.24) is 5.32 Å². The van der Waals surface area contributed by atoms with Crippen LogP contribution in [0.4, 0.5) is 4.79 Å². The lowest BCUT2D eigenvalue weighted by atomic mass is 9.90. The first kappa shape index (κ1) is 12.3. The van der Waals surface area contributed by atoms with Gasteiger partial charge in [-0.25, -0.2) is 4.79 Å². The van der Waals surface area contributed by atoms with Gasteiger partial charge in [-0.3, -0.25) is 0 Å². The fourth-order valence-electron chi connectivity index (χ4n) is 1.89. The molecule has 0 aliphatic heterocycles. The molecule has 0 spiro atoms. The third kappa shape index (κ3) is 5.62. The highest BCUT2D eigenvalue weighted by Gasteiger charge is 2.14. The molecule has 0 aromatic carbocycles. The minimum atomic E-state index is -0.297. The number of nitrogens with one attached hydrogen (secondary N) is 1. The summed E-state index contributed by atoms with van der Waals surface area (Å²) in [5.41, 5.74) is 5.31. The number of carbonyl (C=O) groups excluding carboxylic acids is 1. The molecule has 1 saturated carbocycles. The summed E-state index contributed by atoms with van der Waals surface area (Å²) in [7, 11) is 0. The van der Waals surface area contributed by atoms with E-state index in [1.165, 1.54) is 32.1 Å². The van der Waals surface area contributed by atoms with Crippen molar-refractivity contribution in [3.8, 4) is 0 Å². The lowest BCUT2D eigenvalue weighted by Gasteiger charge is -2.21. The molecule has 0 unspecified atom stereocenters. The Morgan fingerprint density at radius 2 is 2.07 bits per heavy atom. The quantitative estimate of drug-likeness (QED) is 0.684. The summed E-state index contributed by atoms with van der Waals surface area (Å²) < 4.78 is 5.14. The van der Waals surface area contributed by atoms with Crippen molar-refractivity contribution >= 4 is 6.09 Å². The molecule has 0 heterocycles. The van der Waals surface area contributed by atoms with E-state index in [2.05, 4.69) is 5.32 Å². The summed E-state index contributed by atoms with van der Waals surface area (Å²) in [5, 5.41) is 2.68. The summed E-state index contributed by atoms with van der Waals surface area (Å²) in [4.78, 5) is 11.2. The zero-order valence-electron chi connectivity index (χ0n) is 9.34. The van der Waals surface area contributed by atoms with Gasteiger partial charge in [-0.2, -0.15) is 0 Å². The molecule has 1 rings (SSSR count). The number of hydrogen-bond acceptors (Lipinski definition) is 3. The standard InChI is InChI=1S/C11H22N2O2/c12-7-4-8-13-11(14)15-9-10-5-2-1-3-6-10/h10H,1-9,12H2,(H,13,14). The molecule has 4 heteroatoms. The van der Waals surface area contributed by atoms with Gasteiger partial charge in [-0.1, -0.05) is 19.3 Å². The number of alkyl carbamates (subject to hydrolysis) is 1. The molecule has 1 aliphatic rings. The monoisotopic (exact) mass is 214 g/mol. The van der Waals surface area contributed by atoms with Gasteiger partial charge in [0.15, 0.2) is 0 Å². The van der Waals surface area contributed by atoms with Gasteiger partial charge in [-0.15, -0.1) is 0 Å². The molecule has 1 amide bonds.